The van der Waals surface area contributed by atoms with Crippen molar-refractivity contribution in [2.45, 2.75) is 38.6 Å². The normalized spacial score (nSPS) is 13.1. The maximum absolute atomic E-state index is 13.3. The summed E-state index contributed by atoms with van der Waals surface area (Å²) in [7, 11) is 0. The van der Waals surface area contributed by atoms with Crippen molar-refractivity contribution in [1.29, 1.82) is 5.26 Å². The lowest BCUT2D eigenvalue weighted by molar-refractivity contribution is -0.116. The number of benzene rings is 1. The molecule has 0 saturated heterocycles. The number of hydrogen-bond donors (Lipinski definition) is 1. The number of rotatable bonds is 4. The van der Waals surface area contributed by atoms with Crippen LogP contribution in [0.2, 0.25) is 0 Å². The van der Waals surface area contributed by atoms with E-state index in [0.717, 1.165) is 31.2 Å². The Labute approximate surface area is 164 Å². The van der Waals surface area contributed by atoms with Gasteiger partial charge in [0.2, 0.25) is 5.91 Å². The number of carbonyl (C=O) groups excluding carboxylic acids is 1. The van der Waals surface area contributed by atoms with Crippen molar-refractivity contribution < 1.29 is 9.18 Å². The van der Waals surface area contributed by atoms with Crippen LogP contribution in [-0.2, 0) is 24.2 Å². The van der Waals surface area contributed by atoms with Crippen molar-refractivity contribution >= 4 is 33.1 Å². The van der Waals surface area contributed by atoms with Crippen LogP contribution < -0.4 is 10.9 Å². The lowest BCUT2D eigenvalue weighted by Gasteiger charge is -2.09. The Morgan fingerprint density at radius 1 is 1.36 bits per heavy atom. The van der Waals surface area contributed by atoms with E-state index in [1.165, 1.54) is 45.3 Å². The highest BCUT2D eigenvalue weighted by molar-refractivity contribution is 7.16. The van der Waals surface area contributed by atoms with E-state index >= 15 is 0 Å². The fraction of sp³-hybridized carbons (Fsp3) is 0.300. The average molecular weight is 396 g/mol. The molecular weight excluding hydrogens is 379 g/mol. The summed E-state index contributed by atoms with van der Waals surface area (Å²) in [5.74, 6) is -0.718. The van der Waals surface area contributed by atoms with Crippen LogP contribution in [0, 0.1) is 17.1 Å². The number of hydrogen-bond acceptors (Lipinski definition) is 5. The molecule has 0 fully saturated rings. The molecule has 0 saturated carbocycles. The number of nitrogens with one attached hydrogen (secondary N) is 1. The summed E-state index contributed by atoms with van der Waals surface area (Å²) in [4.78, 5) is 30.1. The first-order valence-electron chi connectivity index (χ1n) is 9.06. The second-order valence-electron chi connectivity index (χ2n) is 6.73. The van der Waals surface area contributed by atoms with Gasteiger partial charge < -0.3 is 5.32 Å². The molecule has 0 aliphatic heterocycles. The number of amides is 1. The van der Waals surface area contributed by atoms with Gasteiger partial charge in [-0.05, 0) is 43.4 Å². The minimum Gasteiger partial charge on any atom is -0.317 e. The van der Waals surface area contributed by atoms with Crippen molar-refractivity contribution in [3.63, 3.8) is 0 Å². The Morgan fingerprint density at radius 2 is 2.18 bits per heavy atom. The van der Waals surface area contributed by atoms with Crippen LogP contribution in [0.25, 0.3) is 10.9 Å². The fourth-order valence-corrected chi connectivity index (χ4v) is 4.73. The number of fused-ring (bicyclic) bond motifs is 2. The summed E-state index contributed by atoms with van der Waals surface area (Å²) >= 11 is 1.47. The Balaban J connectivity index is 1.48. The van der Waals surface area contributed by atoms with Crippen LogP contribution in [-0.4, -0.2) is 15.5 Å². The van der Waals surface area contributed by atoms with Crippen molar-refractivity contribution in [2.24, 2.45) is 0 Å². The summed E-state index contributed by atoms with van der Waals surface area (Å²) in [5.41, 5.74) is 1.60. The molecule has 28 heavy (non-hydrogen) atoms. The highest BCUT2D eigenvalue weighted by atomic mass is 32.1. The van der Waals surface area contributed by atoms with Crippen LogP contribution in [0.1, 0.15) is 35.3 Å². The van der Waals surface area contributed by atoms with E-state index < -0.39 is 5.82 Å². The van der Waals surface area contributed by atoms with Gasteiger partial charge in [0.1, 0.15) is 16.9 Å². The first-order chi connectivity index (χ1) is 13.6. The Hall–Kier alpha value is -3.05. The van der Waals surface area contributed by atoms with E-state index in [2.05, 4.69) is 16.4 Å². The lowest BCUT2D eigenvalue weighted by Crippen LogP contribution is -2.23. The number of aryl methyl sites for hydroxylation is 2. The zero-order chi connectivity index (χ0) is 19.7. The van der Waals surface area contributed by atoms with Gasteiger partial charge in [0, 0.05) is 23.9 Å². The van der Waals surface area contributed by atoms with Crippen molar-refractivity contribution in [1.82, 2.24) is 9.55 Å². The minimum absolute atomic E-state index is 0.0712. The quantitative estimate of drug-likeness (QED) is 0.732. The van der Waals surface area contributed by atoms with Crippen LogP contribution >= 0.6 is 11.3 Å². The van der Waals surface area contributed by atoms with E-state index in [9.17, 15) is 19.2 Å². The molecular formula is C20H17FN4O2S. The summed E-state index contributed by atoms with van der Waals surface area (Å²) in [5, 5.41) is 13.2. The van der Waals surface area contributed by atoms with Gasteiger partial charge in [-0.25, -0.2) is 9.37 Å². The van der Waals surface area contributed by atoms with Crippen LogP contribution in [0.3, 0.4) is 0 Å². The third kappa shape index (κ3) is 3.41. The maximum Gasteiger partial charge on any atom is 0.261 e. The number of halogens is 1. The molecule has 6 nitrogen and oxygen atoms in total. The number of aromatic nitrogens is 2. The predicted octanol–water partition coefficient (Wildman–Crippen LogP) is 3.38. The molecule has 0 atom stereocenters. The zero-order valence-corrected chi connectivity index (χ0v) is 15.8. The van der Waals surface area contributed by atoms with Crippen molar-refractivity contribution in [3.8, 4) is 6.07 Å². The molecule has 1 aliphatic rings. The van der Waals surface area contributed by atoms with Crippen molar-refractivity contribution in [2.75, 3.05) is 5.32 Å². The fourth-order valence-electron chi connectivity index (χ4n) is 3.47. The third-order valence-electron chi connectivity index (χ3n) is 4.90. The average Bonchev–Trinajstić information content (AvgIpc) is 3.04. The Kier molecular flexibility index (Phi) is 4.92. The highest BCUT2D eigenvalue weighted by Gasteiger charge is 2.21. The van der Waals surface area contributed by atoms with E-state index in [-0.39, 0.29) is 29.9 Å². The molecule has 142 valence electrons. The van der Waals surface area contributed by atoms with Crippen LogP contribution in [0.15, 0.2) is 29.3 Å². The standard InChI is InChI=1S/C20H17FN4O2S/c21-12-5-6-14-16(9-12)23-11-25(20(14)27)8-7-18(26)24-19-15(10-22)13-3-1-2-4-17(13)28-19/h5-6,9,11H,1-4,7-8H2,(H,24,26). The molecule has 3 aromatic rings. The van der Waals surface area contributed by atoms with Crippen molar-refractivity contribution in [3.05, 3.63) is 56.7 Å². The minimum atomic E-state index is -0.455. The smallest absolute Gasteiger partial charge is 0.261 e. The van der Waals surface area contributed by atoms with Gasteiger partial charge in [-0.3, -0.25) is 14.2 Å². The van der Waals surface area contributed by atoms with E-state index in [4.69, 9.17) is 0 Å². The summed E-state index contributed by atoms with van der Waals surface area (Å²) in [6.45, 7) is 0.151. The topological polar surface area (TPSA) is 87.8 Å². The number of thiophene rings is 1. The number of nitrogens with zero attached hydrogens (tertiary/aromatic N) is 3. The zero-order valence-electron chi connectivity index (χ0n) is 15.0. The van der Waals surface area contributed by atoms with Crippen LogP contribution in [0.5, 0.6) is 0 Å². The van der Waals surface area contributed by atoms with Gasteiger partial charge >= 0.3 is 0 Å². The van der Waals surface area contributed by atoms with Gasteiger partial charge in [0.25, 0.3) is 5.56 Å². The first-order valence-corrected chi connectivity index (χ1v) is 9.87. The van der Waals surface area contributed by atoms with E-state index in [1.54, 1.807) is 0 Å². The molecule has 1 aliphatic carbocycles. The maximum atomic E-state index is 13.3. The molecule has 0 unspecified atom stereocenters. The molecule has 0 radical (unpaired) electrons. The molecule has 8 heteroatoms. The van der Waals surface area contributed by atoms with Gasteiger partial charge in [-0.1, -0.05) is 0 Å². The highest BCUT2D eigenvalue weighted by Crippen LogP contribution is 2.37. The van der Waals surface area contributed by atoms with E-state index in [0.29, 0.717) is 16.0 Å². The van der Waals surface area contributed by atoms with Gasteiger partial charge in [0.05, 0.1) is 22.8 Å². The third-order valence-corrected chi connectivity index (χ3v) is 6.11. The largest absolute Gasteiger partial charge is 0.317 e. The molecule has 0 bridgehead atoms. The molecule has 1 aromatic carbocycles. The predicted molar refractivity (Wildman–Crippen MR) is 105 cm³/mol. The van der Waals surface area contributed by atoms with Gasteiger partial charge in [-0.15, -0.1) is 11.3 Å². The second-order valence-corrected chi connectivity index (χ2v) is 7.83. The molecule has 2 aromatic heterocycles. The molecule has 2 heterocycles. The van der Waals surface area contributed by atoms with Crippen LogP contribution in [0.4, 0.5) is 9.39 Å². The number of anilines is 1. The molecule has 1 amide bonds. The molecule has 0 spiro atoms. The van der Waals surface area contributed by atoms with E-state index in [1.807, 2.05) is 0 Å². The summed E-state index contributed by atoms with van der Waals surface area (Å²) in [6.07, 6.45) is 5.39. The molecule has 1 N–H and O–H groups in total. The number of nitriles is 1. The second kappa shape index (κ2) is 7.52. The number of carbonyl (C=O) groups is 1. The summed E-state index contributed by atoms with van der Waals surface area (Å²) < 4.78 is 14.6. The van der Waals surface area contributed by atoms with Gasteiger partial charge in [-0.2, -0.15) is 5.26 Å². The monoisotopic (exact) mass is 396 g/mol. The lowest BCUT2D eigenvalue weighted by atomic mass is 9.96. The van der Waals surface area contributed by atoms with Gasteiger partial charge in [0.15, 0.2) is 0 Å². The summed E-state index contributed by atoms with van der Waals surface area (Å²) in [6, 6.07) is 6.03. The SMILES string of the molecule is N#Cc1c(NC(=O)CCn2cnc3cc(F)ccc3c2=O)sc2c1CCCC2. The Morgan fingerprint density at radius 3 is 3.00 bits per heavy atom. The Bertz CT molecular complexity index is 1180. The first kappa shape index (κ1) is 18.3. The molecule has 4 rings (SSSR count).